The molecule has 1 aromatic carbocycles. The van der Waals surface area contributed by atoms with Gasteiger partial charge in [-0.15, -0.1) is 6.58 Å². The van der Waals surface area contributed by atoms with Crippen molar-refractivity contribution in [2.24, 2.45) is 0 Å². The predicted molar refractivity (Wildman–Crippen MR) is 64.3 cm³/mol. The topological polar surface area (TPSA) is 52.6 Å². The predicted octanol–water partition coefficient (Wildman–Crippen LogP) is 1.80. The fraction of sp³-hybridized carbons (Fsp3) is 0.250. The zero-order chi connectivity index (χ0) is 11.5. The molecule has 0 bridgehead atoms. The van der Waals surface area contributed by atoms with E-state index < -0.39 is 5.97 Å². The Morgan fingerprint density at radius 1 is 1.62 bits per heavy atom. The molecule has 4 nitrogen and oxygen atoms in total. The minimum atomic E-state index is -0.898. The largest absolute Gasteiger partial charge is 0.478 e. The van der Waals surface area contributed by atoms with Gasteiger partial charge in [-0.05, 0) is 18.2 Å². The van der Waals surface area contributed by atoms with E-state index in [2.05, 4.69) is 16.8 Å². The zero-order valence-corrected chi connectivity index (χ0v) is 8.94. The smallest absolute Gasteiger partial charge is 0.335 e. The molecule has 16 heavy (non-hydrogen) atoms. The summed E-state index contributed by atoms with van der Waals surface area (Å²) in [7, 11) is 0. The summed E-state index contributed by atoms with van der Waals surface area (Å²) in [6, 6.07) is 5.14. The lowest BCUT2D eigenvalue weighted by Crippen LogP contribution is -2.34. The summed E-state index contributed by atoms with van der Waals surface area (Å²) in [5.74, 6) is -0.898. The number of aromatic carboxylic acids is 1. The highest BCUT2D eigenvalue weighted by molar-refractivity contribution is 5.91. The Bertz CT molecular complexity index is 429. The van der Waals surface area contributed by atoms with Crippen molar-refractivity contribution in [3.63, 3.8) is 0 Å². The van der Waals surface area contributed by atoms with Crippen LogP contribution in [0.15, 0.2) is 30.9 Å². The second-order valence-corrected chi connectivity index (χ2v) is 3.70. The van der Waals surface area contributed by atoms with Crippen molar-refractivity contribution in [3.8, 4) is 0 Å². The normalized spacial score (nSPS) is 13.9. The maximum atomic E-state index is 10.8. The van der Waals surface area contributed by atoms with Gasteiger partial charge in [-0.3, -0.25) is 0 Å². The summed E-state index contributed by atoms with van der Waals surface area (Å²) in [6.07, 6.45) is 1.85. The fourth-order valence-electron chi connectivity index (χ4n) is 1.88. The molecule has 1 aliphatic heterocycles. The van der Waals surface area contributed by atoms with E-state index in [0.717, 1.165) is 31.0 Å². The Morgan fingerprint density at radius 2 is 2.44 bits per heavy atom. The van der Waals surface area contributed by atoms with Crippen molar-refractivity contribution < 1.29 is 9.90 Å². The highest BCUT2D eigenvalue weighted by Gasteiger charge is 2.16. The highest BCUT2D eigenvalue weighted by atomic mass is 16.4. The van der Waals surface area contributed by atoms with Gasteiger partial charge in [0.2, 0.25) is 0 Å². The number of fused-ring (bicyclic) bond motifs is 1. The summed E-state index contributed by atoms with van der Waals surface area (Å²) in [5.41, 5.74) is 2.23. The van der Waals surface area contributed by atoms with Gasteiger partial charge in [-0.2, -0.15) is 0 Å². The molecule has 0 radical (unpaired) electrons. The van der Waals surface area contributed by atoms with Crippen LogP contribution in [-0.4, -0.2) is 30.7 Å². The van der Waals surface area contributed by atoms with Gasteiger partial charge in [-0.1, -0.05) is 6.08 Å². The van der Waals surface area contributed by atoms with E-state index in [1.54, 1.807) is 12.1 Å². The molecule has 2 rings (SSSR count). The van der Waals surface area contributed by atoms with Crippen LogP contribution in [0.1, 0.15) is 10.4 Å². The summed E-state index contributed by atoms with van der Waals surface area (Å²) >= 11 is 0. The lowest BCUT2D eigenvalue weighted by atomic mass is 10.1. The van der Waals surface area contributed by atoms with E-state index in [4.69, 9.17) is 5.11 Å². The fourth-order valence-corrected chi connectivity index (χ4v) is 1.88. The second kappa shape index (κ2) is 4.26. The number of benzene rings is 1. The Labute approximate surface area is 94.2 Å². The molecule has 0 aromatic heterocycles. The molecule has 0 saturated carbocycles. The molecular formula is C12H14N2O2. The number of carbonyl (C=O) groups is 1. The number of nitrogens with one attached hydrogen (secondary N) is 1. The molecule has 0 saturated heterocycles. The highest BCUT2D eigenvalue weighted by Crippen LogP contribution is 2.29. The number of hydrogen-bond acceptors (Lipinski definition) is 3. The van der Waals surface area contributed by atoms with Gasteiger partial charge in [0.15, 0.2) is 0 Å². The Hall–Kier alpha value is -1.97. The second-order valence-electron chi connectivity index (χ2n) is 3.70. The van der Waals surface area contributed by atoms with Crippen molar-refractivity contribution in [2.45, 2.75) is 0 Å². The number of anilines is 2. The van der Waals surface area contributed by atoms with Gasteiger partial charge in [0.1, 0.15) is 0 Å². The third-order valence-electron chi connectivity index (χ3n) is 2.63. The van der Waals surface area contributed by atoms with Crippen LogP contribution in [0.25, 0.3) is 0 Å². The molecule has 0 atom stereocenters. The molecule has 0 spiro atoms. The van der Waals surface area contributed by atoms with Gasteiger partial charge in [-0.25, -0.2) is 4.79 Å². The van der Waals surface area contributed by atoms with Crippen LogP contribution in [0.5, 0.6) is 0 Å². The van der Waals surface area contributed by atoms with Crippen molar-refractivity contribution in [1.82, 2.24) is 0 Å². The zero-order valence-electron chi connectivity index (χ0n) is 8.94. The first kappa shape index (κ1) is 10.5. The van der Waals surface area contributed by atoms with Crippen molar-refractivity contribution in [2.75, 3.05) is 29.9 Å². The number of carboxylic acids is 1. The van der Waals surface area contributed by atoms with E-state index in [1.807, 2.05) is 12.1 Å². The van der Waals surface area contributed by atoms with Gasteiger partial charge in [0.25, 0.3) is 0 Å². The third-order valence-corrected chi connectivity index (χ3v) is 2.63. The molecule has 0 amide bonds. The summed E-state index contributed by atoms with van der Waals surface area (Å²) in [6.45, 7) is 6.23. The van der Waals surface area contributed by atoms with Crippen LogP contribution in [0, 0.1) is 0 Å². The lowest BCUT2D eigenvalue weighted by molar-refractivity contribution is 0.0697. The SMILES string of the molecule is C=CCN1CCNc2cc(C(=O)O)ccc21. The average Bonchev–Trinajstić information content (AvgIpc) is 2.29. The molecule has 2 N–H and O–H groups in total. The number of rotatable bonds is 3. The molecule has 1 heterocycles. The van der Waals surface area contributed by atoms with Gasteiger partial charge in [0, 0.05) is 19.6 Å². The van der Waals surface area contributed by atoms with Crippen LogP contribution in [0.3, 0.4) is 0 Å². The maximum Gasteiger partial charge on any atom is 0.335 e. The molecule has 0 aliphatic carbocycles. The number of hydrogen-bond donors (Lipinski definition) is 2. The van der Waals surface area contributed by atoms with Crippen molar-refractivity contribution in [3.05, 3.63) is 36.4 Å². The summed E-state index contributed by atoms with van der Waals surface area (Å²) < 4.78 is 0. The molecule has 0 unspecified atom stereocenters. The van der Waals surface area contributed by atoms with Crippen LogP contribution < -0.4 is 10.2 Å². The number of carboxylic acid groups (broad SMARTS) is 1. The van der Waals surface area contributed by atoms with Crippen LogP contribution in [0.2, 0.25) is 0 Å². The van der Waals surface area contributed by atoms with Gasteiger partial charge in [0.05, 0.1) is 16.9 Å². The molecule has 0 fully saturated rings. The van der Waals surface area contributed by atoms with E-state index >= 15 is 0 Å². The van der Waals surface area contributed by atoms with E-state index in [0.29, 0.717) is 5.56 Å². The first-order valence-electron chi connectivity index (χ1n) is 5.19. The molecule has 1 aliphatic rings. The minimum Gasteiger partial charge on any atom is -0.478 e. The Morgan fingerprint density at radius 3 is 3.12 bits per heavy atom. The Kier molecular flexibility index (Phi) is 2.81. The maximum absolute atomic E-state index is 10.8. The van der Waals surface area contributed by atoms with E-state index in [1.165, 1.54) is 0 Å². The quantitative estimate of drug-likeness (QED) is 0.760. The first-order chi connectivity index (χ1) is 7.72. The summed E-state index contributed by atoms with van der Waals surface area (Å²) in [4.78, 5) is 13.0. The van der Waals surface area contributed by atoms with Crippen molar-refractivity contribution in [1.29, 1.82) is 0 Å². The molecule has 84 valence electrons. The number of nitrogens with zero attached hydrogens (tertiary/aromatic N) is 1. The molecule has 4 heteroatoms. The van der Waals surface area contributed by atoms with E-state index in [9.17, 15) is 4.79 Å². The third kappa shape index (κ3) is 1.86. The minimum absolute atomic E-state index is 0.312. The standard InChI is InChI=1S/C12H14N2O2/c1-2-6-14-7-5-13-10-8-9(12(15)16)3-4-11(10)14/h2-4,8,13H,1,5-7H2,(H,15,16). The summed E-state index contributed by atoms with van der Waals surface area (Å²) in [5, 5.41) is 12.1. The first-order valence-corrected chi connectivity index (χ1v) is 5.19. The Balaban J connectivity index is 2.36. The van der Waals surface area contributed by atoms with Crippen LogP contribution in [-0.2, 0) is 0 Å². The monoisotopic (exact) mass is 218 g/mol. The van der Waals surface area contributed by atoms with Crippen LogP contribution in [0.4, 0.5) is 11.4 Å². The van der Waals surface area contributed by atoms with E-state index in [-0.39, 0.29) is 0 Å². The van der Waals surface area contributed by atoms with Crippen LogP contribution >= 0.6 is 0 Å². The molecule has 1 aromatic rings. The molecular weight excluding hydrogens is 204 g/mol. The average molecular weight is 218 g/mol. The van der Waals surface area contributed by atoms with Crippen molar-refractivity contribution >= 4 is 17.3 Å². The lowest BCUT2D eigenvalue weighted by Gasteiger charge is -2.31. The van der Waals surface area contributed by atoms with Gasteiger partial charge >= 0.3 is 5.97 Å². The van der Waals surface area contributed by atoms with Gasteiger partial charge < -0.3 is 15.3 Å².